The molecule has 0 saturated carbocycles. The lowest BCUT2D eigenvalue weighted by Gasteiger charge is -2.34. The maximum absolute atomic E-state index is 6.38. The fourth-order valence-corrected chi connectivity index (χ4v) is 3.17. The van der Waals surface area contributed by atoms with Crippen LogP contribution in [0.4, 0.5) is 0 Å². The van der Waals surface area contributed by atoms with E-state index in [1.165, 1.54) is 32.1 Å². The van der Waals surface area contributed by atoms with Crippen molar-refractivity contribution in [3.05, 3.63) is 0 Å². The minimum atomic E-state index is 0.106. The molecule has 102 valence electrons. The number of nitrogens with one attached hydrogen (secondary N) is 1. The first kappa shape index (κ1) is 15.0. The smallest absolute Gasteiger partial charge is 0.109 e. The molecule has 0 aromatic heterocycles. The number of rotatable bonds is 7. The summed E-state index contributed by atoms with van der Waals surface area (Å²) in [4.78, 5) is 0. The predicted octanol–water partition coefficient (Wildman–Crippen LogP) is 4.10. The minimum absolute atomic E-state index is 0.106. The van der Waals surface area contributed by atoms with Crippen molar-refractivity contribution in [2.24, 2.45) is 5.92 Å². The first-order chi connectivity index (χ1) is 8.07. The fraction of sp³-hybridized carbons (Fsp3) is 1.00. The van der Waals surface area contributed by atoms with E-state index < -0.39 is 0 Å². The molecule has 2 atom stereocenters. The van der Waals surface area contributed by atoms with Crippen LogP contribution in [0.5, 0.6) is 0 Å². The molecule has 0 aromatic rings. The summed E-state index contributed by atoms with van der Waals surface area (Å²) in [5.74, 6) is 0.736. The van der Waals surface area contributed by atoms with Crippen molar-refractivity contribution < 1.29 is 4.74 Å². The van der Waals surface area contributed by atoms with Crippen LogP contribution in [0.2, 0.25) is 0 Å². The van der Waals surface area contributed by atoms with E-state index in [0.717, 1.165) is 12.3 Å². The molecular weight excluding hydrogens is 210 g/mol. The van der Waals surface area contributed by atoms with Crippen molar-refractivity contribution in [1.29, 1.82) is 0 Å². The van der Waals surface area contributed by atoms with Gasteiger partial charge >= 0.3 is 0 Å². The average Bonchev–Trinajstić information content (AvgIpc) is 2.57. The topological polar surface area (TPSA) is 21.3 Å². The summed E-state index contributed by atoms with van der Waals surface area (Å²) in [7, 11) is 0. The molecule has 1 aliphatic heterocycles. The molecule has 1 N–H and O–H groups in total. The monoisotopic (exact) mass is 241 g/mol. The van der Waals surface area contributed by atoms with Gasteiger partial charge in [0.2, 0.25) is 0 Å². The van der Waals surface area contributed by atoms with E-state index in [4.69, 9.17) is 4.74 Å². The molecule has 1 heterocycles. The van der Waals surface area contributed by atoms with Gasteiger partial charge < -0.3 is 4.74 Å². The zero-order valence-electron chi connectivity index (χ0n) is 12.4. The van der Waals surface area contributed by atoms with Crippen molar-refractivity contribution in [1.82, 2.24) is 5.32 Å². The van der Waals surface area contributed by atoms with Crippen molar-refractivity contribution >= 4 is 0 Å². The molecule has 2 nitrogen and oxygen atoms in total. The summed E-state index contributed by atoms with van der Waals surface area (Å²) in [6.07, 6.45) is 7.40. The van der Waals surface area contributed by atoms with Gasteiger partial charge in [0, 0.05) is 6.04 Å². The largest absolute Gasteiger partial charge is 0.355 e. The van der Waals surface area contributed by atoms with Crippen LogP contribution in [0.3, 0.4) is 0 Å². The highest BCUT2D eigenvalue weighted by atomic mass is 16.5. The van der Waals surface area contributed by atoms with E-state index in [-0.39, 0.29) is 11.8 Å². The summed E-state index contributed by atoms with van der Waals surface area (Å²) in [5, 5.41) is 3.71. The molecule has 1 fully saturated rings. The number of hydrogen-bond acceptors (Lipinski definition) is 2. The van der Waals surface area contributed by atoms with E-state index in [1.54, 1.807) is 0 Å². The second-order valence-electron chi connectivity index (χ2n) is 5.93. The van der Waals surface area contributed by atoms with Gasteiger partial charge in [0.05, 0.1) is 5.60 Å². The van der Waals surface area contributed by atoms with Gasteiger partial charge in [0.25, 0.3) is 0 Å². The van der Waals surface area contributed by atoms with Gasteiger partial charge in [-0.1, -0.05) is 47.5 Å². The summed E-state index contributed by atoms with van der Waals surface area (Å²) >= 11 is 0. The molecule has 1 aliphatic rings. The molecule has 0 spiro atoms. The predicted molar refractivity (Wildman–Crippen MR) is 74.1 cm³/mol. The first-order valence-corrected chi connectivity index (χ1v) is 7.51. The third-order valence-corrected chi connectivity index (χ3v) is 3.82. The third kappa shape index (κ3) is 3.69. The van der Waals surface area contributed by atoms with Crippen LogP contribution in [0.15, 0.2) is 0 Å². The summed E-state index contributed by atoms with van der Waals surface area (Å²) in [6, 6.07) is 0.548. The molecule has 2 heteroatoms. The first-order valence-electron chi connectivity index (χ1n) is 7.51. The summed E-state index contributed by atoms with van der Waals surface area (Å²) in [6.45, 7) is 11.4. The quantitative estimate of drug-likeness (QED) is 0.724. The Balaban J connectivity index is 2.79. The maximum Gasteiger partial charge on any atom is 0.109 e. The molecule has 0 amide bonds. The highest BCUT2D eigenvalue weighted by molar-refractivity contribution is 4.99. The van der Waals surface area contributed by atoms with Gasteiger partial charge in [-0.05, 0) is 31.6 Å². The Morgan fingerprint density at radius 3 is 2.12 bits per heavy atom. The average molecular weight is 241 g/mol. The maximum atomic E-state index is 6.38. The highest BCUT2D eigenvalue weighted by Gasteiger charge is 2.46. The molecule has 0 unspecified atom stereocenters. The Morgan fingerprint density at radius 1 is 1.12 bits per heavy atom. The van der Waals surface area contributed by atoms with Crippen LogP contribution < -0.4 is 5.32 Å². The van der Waals surface area contributed by atoms with Crippen LogP contribution >= 0.6 is 0 Å². The van der Waals surface area contributed by atoms with Crippen LogP contribution in [0, 0.1) is 5.92 Å². The van der Waals surface area contributed by atoms with Crippen LogP contribution in [0.25, 0.3) is 0 Å². The van der Waals surface area contributed by atoms with Crippen LogP contribution in [-0.4, -0.2) is 17.9 Å². The minimum Gasteiger partial charge on any atom is -0.355 e. The molecular formula is C15H31NO. The standard InChI is InChI=1S/C15H31NO/c1-6-9-15(10-7-2)13(11-12(4)5)16-14(8-3)17-15/h12-14,16H,6-11H2,1-5H3/t13-,14-/m0/s1. The Morgan fingerprint density at radius 2 is 1.71 bits per heavy atom. The Kier molecular flexibility index (Phi) is 5.94. The molecule has 1 rings (SSSR count). The number of hydrogen-bond donors (Lipinski definition) is 1. The Hall–Kier alpha value is -0.0800. The van der Waals surface area contributed by atoms with E-state index >= 15 is 0 Å². The van der Waals surface area contributed by atoms with Crippen LogP contribution in [0.1, 0.15) is 73.1 Å². The van der Waals surface area contributed by atoms with E-state index in [2.05, 4.69) is 39.9 Å². The van der Waals surface area contributed by atoms with Gasteiger partial charge in [-0.25, -0.2) is 0 Å². The van der Waals surface area contributed by atoms with Crippen LogP contribution in [-0.2, 0) is 4.74 Å². The van der Waals surface area contributed by atoms with E-state index in [0.29, 0.717) is 6.04 Å². The molecule has 0 bridgehead atoms. The number of ether oxygens (including phenoxy) is 1. The van der Waals surface area contributed by atoms with Gasteiger partial charge in [-0.2, -0.15) is 0 Å². The lowest BCUT2D eigenvalue weighted by molar-refractivity contribution is -0.0627. The zero-order valence-corrected chi connectivity index (χ0v) is 12.4. The molecule has 0 aliphatic carbocycles. The van der Waals surface area contributed by atoms with Gasteiger partial charge in [-0.3, -0.25) is 5.32 Å². The van der Waals surface area contributed by atoms with E-state index in [9.17, 15) is 0 Å². The van der Waals surface area contributed by atoms with Gasteiger partial charge in [-0.15, -0.1) is 0 Å². The summed E-state index contributed by atoms with van der Waals surface area (Å²) in [5.41, 5.74) is 0.106. The second-order valence-corrected chi connectivity index (χ2v) is 5.93. The van der Waals surface area contributed by atoms with Crippen molar-refractivity contribution in [2.45, 2.75) is 91.0 Å². The lowest BCUT2D eigenvalue weighted by atomic mass is 9.82. The Labute approximate surface area is 108 Å². The molecule has 17 heavy (non-hydrogen) atoms. The second kappa shape index (κ2) is 6.75. The third-order valence-electron chi connectivity index (χ3n) is 3.82. The van der Waals surface area contributed by atoms with Crippen molar-refractivity contribution in [2.75, 3.05) is 0 Å². The normalized spacial score (nSPS) is 27.9. The van der Waals surface area contributed by atoms with Crippen molar-refractivity contribution in [3.63, 3.8) is 0 Å². The summed E-state index contributed by atoms with van der Waals surface area (Å²) < 4.78 is 6.38. The van der Waals surface area contributed by atoms with Gasteiger partial charge in [0.1, 0.15) is 6.23 Å². The Bertz CT molecular complexity index is 209. The molecule has 1 saturated heterocycles. The SMILES string of the molecule is CCCC1(CCC)O[C@@H](CC)N[C@H]1CC(C)C. The molecule has 0 radical (unpaired) electrons. The highest BCUT2D eigenvalue weighted by Crippen LogP contribution is 2.37. The zero-order chi connectivity index (χ0) is 12.9. The van der Waals surface area contributed by atoms with Gasteiger partial charge in [0.15, 0.2) is 0 Å². The van der Waals surface area contributed by atoms with Crippen molar-refractivity contribution in [3.8, 4) is 0 Å². The molecule has 0 aromatic carbocycles. The lowest BCUT2D eigenvalue weighted by Crippen LogP contribution is -2.44. The van der Waals surface area contributed by atoms with E-state index in [1.807, 2.05) is 0 Å². The fourth-order valence-electron chi connectivity index (χ4n) is 3.17.